The molecule has 2 unspecified atom stereocenters. The van der Waals surface area contributed by atoms with Crippen LogP contribution in [0.1, 0.15) is 81.6 Å². The van der Waals surface area contributed by atoms with Crippen molar-refractivity contribution < 1.29 is 37.1 Å². The molecule has 1 spiro atoms. The van der Waals surface area contributed by atoms with E-state index in [1.807, 2.05) is 13.8 Å². The number of hydrogen-bond donors (Lipinski definition) is 1. The minimum absolute atomic E-state index is 0.198. The van der Waals surface area contributed by atoms with Gasteiger partial charge in [0.2, 0.25) is 10.0 Å². The number of carbonyl (C=O) groups is 4. The van der Waals surface area contributed by atoms with Crippen LogP contribution in [0.25, 0.3) is 0 Å². The maximum Gasteiger partial charge on any atom is 0.430 e. The van der Waals surface area contributed by atoms with Crippen molar-refractivity contribution in [3.8, 4) is 0 Å². The Bertz CT molecular complexity index is 1070. The molecule has 0 aromatic carbocycles. The highest BCUT2D eigenvalue weighted by atomic mass is 32.2. The summed E-state index contributed by atoms with van der Waals surface area (Å²) < 4.78 is 38.1. The van der Waals surface area contributed by atoms with Gasteiger partial charge in [0.05, 0.1) is 11.8 Å². The molecule has 2 saturated carbocycles. The number of amides is 3. The molecule has 1 heterocycles. The Balaban J connectivity index is 2.02. The number of Topliss-reactive ketones (excluding diaryl/α,β-unsaturated/α-hetero) is 1. The fraction of sp³-hybridized carbons (Fsp3) is 0.833. The molecule has 3 aliphatic rings. The highest BCUT2D eigenvalue weighted by Gasteiger charge is 2.72. The first-order valence-corrected chi connectivity index (χ1v) is 13.8. The van der Waals surface area contributed by atoms with E-state index in [1.54, 1.807) is 41.5 Å². The highest BCUT2D eigenvalue weighted by Crippen LogP contribution is 2.70. The van der Waals surface area contributed by atoms with E-state index in [9.17, 15) is 27.6 Å². The van der Waals surface area contributed by atoms with Gasteiger partial charge >= 0.3 is 12.2 Å². The Kier molecular flexibility index (Phi) is 6.73. The first-order chi connectivity index (χ1) is 16.1. The number of fused-ring (bicyclic) bond motifs is 1. The van der Waals surface area contributed by atoms with Crippen LogP contribution >= 0.6 is 0 Å². The molecule has 1 saturated heterocycles. The van der Waals surface area contributed by atoms with E-state index in [1.165, 1.54) is 0 Å². The number of sulfonamides is 1. The van der Waals surface area contributed by atoms with E-state index in [0.29, 0.717) is 17.9 Å². The van der Waals surface area contributed by atoms with E-state index < -0.39 is 62.6 Å². The summed E-state index contributed by atoms with van der Waals surface area (Å²) >= 11 is 0. The second-order valence-corrected chi connectivity index (χ2v) is 14.6. The molecule has 3 fully saturated rings. The van der Waals surface area contributed by atoms with Gasteiger partial charge in [-0.05, 0) is 79.1 Å². The van der Waals surface area contributed by atoms with E-state index >= 15 is 0 Å². The summed E-state index contributed by atoms with van der Waals surface area (Å²) in [5, 5.41) is 0.447. The van der Waals surface area contributed by atoms with Crippen LogP contribution in [-0.4, -0.2) is 70.6 Å². The predicted octanol–water partition coefficient (Wildman–Crippen LogP) is 2.99. The number of nitrogens with one attached hydrogen (secondary N) is 1. The van der Waals surface area contributed by atoms with Gasteiger partial charge in [0.1, 0.15) is 11.2 Å². The summed E-state index contributed by atoms with van der Waals surface area (Å²) in [6.45, 7) is 14.7. The molecule has 1 N–H and O–H groups in total. The Hall–Kier alpha value is -2.37. The van der Waals surface area contributed by atoms with Crippen LogP contribution in [-0.2, 0) is 29.1 Å². The Morgan fingerprint density at radius 3 is 2.06 bits per heavy atom. The molecule has 204 valence electrons. The maximum atomic E-state index is 13.9. The standard InChI is InChI=1S/C24H39N3O8S/c1-14(28)17(26(20(31)35-22(5,6)7)25-19(30)34-21(2,3)4)18(29)27-16-12-15-10-11-24(16,23(15,8)9)13-36(27,32)33/h15-17H,10-13H2,1-9H3,(H,25,30)/t15?,16-,17-,24?/m1/s1. The zero-order chi connectivity index (χ0) is 27.6. The zero-order valence-electron chi connectivity index (χ0n) is 22.6. The lowest BCUT2D eigenvalue weighted by atomic mass is 9.69. The van der Waals surface area contributed by atoms with E-state index in [4.69, 9.17) is 9.47 Å². The van der Waals surface area contributed by atoms with Crippen molar-refractivity contribution in [3.05, 3.63) is 0 Å². The lowest BCUT2D eigenvalue weighted by Crippen LogP contribution is -2.62. The molecule has 4 atom stereocenters. The number of hydrazine groups is 1. The fourth-order valence-electron chi connectivity index (χ4n) is 6.09. The lowest BCUT2D eigenvalue weighted by molar-refractivity contribution is -0.142. The van der Waals surface area contributed by atoms with Gasteiger partial charge in [-0.1, -0.05) is 13.8 Å². The SMILES string of the molecule is CC(=O)[C@H](C(=O)N1[C@@H]2CC3CCC2(CS1(=O)=O)C3(C)C)N(NC(=O)OC(C)(C)C)C(=O)OC(C)(C)C. The Morgan fingerprint density at radius 2 is 1.58 bits per heavy atom. The van der Waals surface area contributed by atoms with Crippen molar-refractivity contribution in [3.63, 3.8) is 0 Å². The minimum Gasteiger partial charge on any atom is -0.443 e. The second-order valence-electron chi connectivity index (χ2n) is 12.7. The van der Waals surface area contributed by atoms with Crippen LogP contribution in [0, 0.1) is 16.7 Å². The molecule has 11 nitrogen and oxygen atoms in total. The smallest absolute Gasteiger partial charge is 0.430 e. The molecule has 2 aliphatic carbocycles. The van der Waals surface area contributed by atoms with Crippen molar-refractivity contribution >= 4 is 33.9 Å². The first kappa shape index (κ1) is 28.2. The third-order valence-corrected chi connectivity index (χ3v) is 9.62. The zero-order valence-corrected chi connectivity index (χ0v) is 23.4. The molecule has 3 amide bonds. The number of rotatable bonds is 3. The number of carbonyl (C=O) groups excluding carboxylic acids is 4. The third-order valence-electron chi connectivity index (χ3n) is 7.71. The highest BCUT2D eigenvalue weighted by molar-refractivity contribution is 7.90. The van der Waals surface area contributed by atoms with Crippen molar-refractivity contribution in [2.75, 3.05) is 5.75 Å². The summed E-state index contributed by atoms with van der Waals surface area (Å²) in [7, 11) is -4.08. The Labute approximate surface area is 213 Å². The number of ketones is 1. The maximum absolute atomic E-state index is 13.9. The van der Waals surface area contributed by atoms with Gasteiger partial charge in [0, 0.05) is 5.41 Å². The van der Waals surface area contributed by atoms with Gasteiger partial charge in [-0.3, -0.25) is 9.59 Å². The molecular formula is C24H39N3O8S. The average molecular weight is 530 g/mol. The summed E-state index contributed by atoms with van der Waals surface area (Å²) in [6, 6.07) is -2.58. The third kappa shape index (κ3) is 4.80. The van der Waals surface area contributed by atoms with Crippen LogP contribution in [0.3, 0.4) is 0 Å². The summed E-state index contributed by atoms with van der Waals surface area (Å²) in [6.07, 6.45) is -0.263. The van der Waals surface area contributed by atoms with Gasteiger partial charge < -0.3 is 9.47 Å². The number of nitrogens with zero attached hydrogens (tertiary/aromatic N) is 2. The van der Waals surface area contributed by atoms with Gasteiger partial charge in [0.25, 0.3) is 5.91 Å². The minimum atomic E-state index is -4.08. The number of ether oxygens (including phenoxy) is 2. The van der Waals surface area contributed by atoms with Gasteiger partial charge in [-0.2, -0.15) is 5.01 Å². The molecule has 12 heteroatoms. The summed E-state index contributed by atoms with van der Waals surface area (Å²) in [4.78, 5) is 52.4. The monoisotopic (exact) mass is 529 g/mol. The molecule has 0 radical (unpaired) electrons. The van der Waals surface area contributed by atoms with Gasteiger partial charge in [0.15, 0.2) is 11.8 Å². The van der Waals surface area contributed by atoms with Gasteiger partial charge in [-0.15, -0.1) is 0 Å². The molecule has 3 rings (SSSR count). The number of hydrogen-bond acceptors (Lipinski definition) is 8. The molecule has 0 aromatic rings. The Morgan fingerprint density at radius 1 is 1.03 bits per heavy atom. The summed E-state index contributed by atoms with van der Waals surface area (Å²) in [5.41, 5.74) is -0.751. The van der Waals surface area contributed by atoms with Crippen LogP contribution in [0.2, 0.25) is 0 Å². The van der Waals surface area contributed by atoms with Crippen molar-refractivity contribution in [1.29, 1.82) is 0 Å². The van der Waals surface area contributed by atoms with Gasteiger partial charge in [-0.25, -0.2) is 27.7 Å². The topological polar surface area (TPSA) is 139 Å². The van der Waals surface area contributed by atoms with Crippen molar-refractivity contribution in [2.45, 2.75) is 105 Å². The van der Waals surface area contributed by atoms with E-state index in [0.717, 1.165) is 17.6 Å². The molecule has 36 heavy (non-hydrogen) atoms. The van der Waals surface area contributed by atoms with Crippen LogP contribution in [0.15, 0.2) is 0 Å². The summed E-state index contributed by atoms with van der Waals surface area (Å²) in [5.74, 6) is -1.88. The quantitative estimate of drug-likeness (QED) is 0.435. The predicted molar refractivity (Wildman–Crippen MR) is 130 cm³/mol. The van der Waals surface area contributed by atoms with E-state index in [2.05, 4.69) is 5.43 Å². The normalized spacial score (nSPS) is 28.8. The average Bonchev–Trinajstić information content (AvgIpc) is 3.11. The van der Waals surface area contributed by atoms with Crippen LogP contribution in [0.5, 0.6) is 0 Å². The van der Waals surface area contributed by atoms with Crippen molar-refractivity contribution in [1.82, 2.24) is 14.7 Å². The van der Waals surface area contributed by atoms with Crippen LogP contribution in [0.4, 0.5) is 9.59 Å². The largest absolute Gasteiger partial charge is 0.443 e. The fourth-order valence-corrected chi connectivity index (χ4v) is 8.64. The molecule has 1 aliphatic heterocycles. The molecular weight excluding hydrogens is 490 g/mol. The molecule has 0 aromatic heterocycles. The molecule has 2 bridgehead atoms. The lowest BCUT2D eigenvalue weighted by Gasteiger charge is -2.38. The first-order valence-electron chi connectivity index (χ1n) is 12.2. The van der Waals surface area contributed by atoms with Crippen molar-refractivity contribution in [2.24, 2.45) is 16.7 Å². The second kappa shape index (κ2) is 8.59. The van der Waals surface area contributed by atoms with E-state index in [-0.39, 0.29) is 17.1 Å². The van der Waals surface area contributed by atoms with Crippen LogP contribution < -0.4 is 5.43 Å².